The number of halogens is 1. The number of hydrazine groups is 1. The molecule has 7 heteroatoms. The second kappa shape index (κ2) is 6.51. The first-order valence-electron chi connectivity index (χ1n) is 8.03. The molecule has 1 aromatic heterocycles. The zero-order chi connectivity index (χ0) is 17.4. The molecule has 1 aliphatic rings. The lowest BCUT2D eigenvalue weighted by Gasteiger charge is -2.11. The number of benzene rings is 2. The average molecular weight is 356 g/mol. The van der Waals surface area contributed by atoms with Crippen LogP contribution in [0.3, 0.4) is 0 Å². The van der Waals surface area contributed by atoms with Gasteiger partial charge in [0, 0.05) is 11.7 Å². The number of fused-ring (bicyclic) bond motifs is 1. The maximum absolute atomic E-state index is 13.0. The van der Waals surface area contributed by atoms with Crippen LogP contribution in [0.2, 0.25) is 0 Å². The number of carbonyl (C=O) groups is 1. The SMILES string of the molecule is Cc1nc2ccc(NC(=O)C3CC(c4ccc(F)cc4)NN3)cc2s1. The van der Waals surface area contributed by atoms with Gasteiger partial charge in [0.2, 0.25) is 5.91 Å². The Bertz CT molecular complexity index is 924. The number of nitrogens with one attached hydrogen (secondary N) is 3. The largest absolute Gasteiger partial charge is 0.325 e. The van der Waals surface area contributed by atoms with Gasteiger partial charge in [-0.3, -0.25) is 4.79 Å². The van der Waals surface area contributed by atoms with Gasteiger partial charge in [0.25, 0.3) is 0 Å². The van der Waals surface area contributed by atoms with E-state index in [0.29, 0.717) is 6.42 Å². The maximum atomic E-state index is 13.0. The number of thiazole rings is 1. The van der Waals surface area contributed by atoms with Crippen LogP contribution in [-0.4, -0.2) is 16.9 Å². The number of aryl methyl sites for hydroxylation is 1. The molecular weight excluding hydrogens is 339 g/mol. The average Bonchev–Trinajstić information content (AvgIpc) is 3.21. The Kier molecular flexibility index (Phi) is 4.20. The molecular formula is C18H17FN4OS. The van der Waals surface area contributed by atoms with Gasteiger partial charge in [-0.2, -0.15) is 0 Å². The molecule has 1 aliphatic heterocycles. The van der Waals surface area contributed by atoms with E-state index >= 15 is 0 Å². The number of anilines is 1. The molecule has 0 radical (unpaired) electrons. The van der Waals surface area contributed by atoms with Crippen molar-refractivity contribution in [2.45, 2.75) is 25.4 Å². The standard InChI is InChI=1S/C18H17FN4OS/c1-10-20-14-7-6-13(8-17(14)25-10)21-18(24)16-9-15(22-23-16)11-2-4-12(19)5-3-11/h2-8,15-16,22-23H,9H2,1H3,(H,21,24). The summed E-state index contributed by atoms with van der Waals surface area (Å²) >= 11 is 1.60. The minimum absolute atomic E-state index is 0.0250. The highest BCUT2D eigenvalue weighted by atomic mass is 32.1. The van der Waals surface area contributed by atoms with Gasteiger partial charge in [0.05, 0.1) is 15.2 Å². The molecule has 0 bridgehead atoms. The molecule has 2 heterocycles. The highest BCUT2D eigenvalue weighted by Gasteiger charge is 2.30. The minimum Gasteiger partial charge on any atom is -0.325 e. The number of amides is 1. The van der Waals surface area contributed by atoms with Crippen LogP contribution in [0.5, 0.6) is 0 Å². The first-order valence-corrected chi connectivity index (χ1v) is 8.85. The van der Waals surface area contributed by atoms with E-state index in [1.807, 2.05) is 25.1 Å². The molecule has 2 unspecified atom stereocenters. The summed E-state index contributed by atoms with van der Waals surface area (Å²) in [6.45, 7) is 1.96. The van der Waals surface area contributed by atoms with Crippen LogP contribution in [0, 0.1) is 12.7 Å². The lowest BCUT2D eigenvalue weighted by Crippen LogP contribution is -2.39. The Morgan fingerprint density at radius 3 is 2.84 bits per heavy atom. The summed E-state index contributed by atoms with van der Waals surface area (Å²) in [5.74, 6) is -0.365. The number of hydrogen-bond acceptors (Lipinski definition) is 5. The lowest BCUT2D eigenvalue weighted by molar-refractivity contribution is -0.117. The smallest absolute Gasteiger partial charge is 0.242 e. The number of carbonyl (C=O) groups excluding carboxylic acids is 1. The van der Waals surface area contributed by atoms with E-state index in [-0.39, 0.29) is 23.8 Å². The van der Waals surface area contributed by atoms with Crippen molar-refractivity contribution in [1.29, 1.82) is 0 Å². The molecule has 1 saturated heterocycles. The number of nitrogens with zero attached hydrogens (tertiary/aromatic N) is 1. The van der Waals surface area contributed by atoms with Crippen LogP contribution in [0.25, 0.3) is 10.2 Å². The van der Waals surface area contributed by atoms with E-state index in [1.54, 1.807) is 23.5 Å². The molecule has 128 valence electrons. The van der Waals surface area contributed by atoms with E-state index in [4.69, 9.17) is 0 Å². The van der Waals surface area contributed by atoms with Crippen molar-refractivity contribution in [3.63, 3.8) is 0 Å². The van der Waals surface area contributed by atoms with Gasteiger partial charge in [-0.25, -0.2) is 20.2 Å². The summed E-state index contributed by atoms with van der Waals surface area (Å²) in [4.78, 5) is 16.9. The number of aromatic nitrogens is 1. The Balaban J connectivity index is 1.43. The molecule has 3 N–H and O–H groups in total. The molecule has 4 rings (SSSR count). The summed E-state index contributed by atoms with van der Waals surface area (Å²) in [7, 11) is 0. The Morgan fingerprint density at radius 1 is 1.24 bits per heavy atom. The van der Waals surface area contributed by atoms with Gasteiger partial charge in [0.15, 0.2) is 0 Å². The van der Waals surface area contributed by atoms with E-state index in [2.05, 4.69) is 21.2 Å². The van der Waals surface area contributed by atoms with Gasteiger partial charge in [-0.15, -0.1) is 11.3 Å². The number of rotatable bonds is 3. The third-order valence-corrected chi connectivity index (χ3v) is 5.19. The van der Waals surface area contributed by atoms with E-state index < -0.39 is 0 Å². The second-order valence-corrected chi connectivity index (χ2v) is 7.32. The topological polar surface area (TPSA) is 66.0 Å². The predicted molar refractivity (Wildman–Crippen MR) is 96.8 cm³/mol. The summed E-state index contributed by atoms with van der Waals surface area (Å²) in [5, 5.41) is 3.95. The fourth-order valence-electron chi connectivity index (χ4n) is 2.99. The Morgan fingerprint density at radius 2 is 2.04 bits per heavy atom. The van der Waals surface area contributed by atoms with Crippen LogP contribution in [0.4, 0.5) is 10.1 Å². The molecule has 3 aromatic rings. The zero-order valence-electron chi connectivity index (χ0n) is 13.5. The van der Waals surface area contributed by atoms with Gasteiger partial charge in [-0.05, 0) is 49.2 Å². The molecule has 25 heavy (non-hydrogen) atoms. The minimum atomic E-state index is -0.353. The maximum Gasteiger partial charge on any atom is 0.242 e. The summed E-state index contributed by atoms with van der Waals surface area (Å²) in [5.41, 5.74) is 8.77. The van der Waals surface area contributed by atoms with Crippen LogP contribution < -0.4 is 16.2 Å². The second-order valence-electron chi connectivity index (χ2n) is 6.09. The van der Waals surface area contributed by atoms with Gasteiger partial charge < -0.3 is 5.32 Å². The third-order valence-electron chi connectivity index (χ3n) is 4.25. The Hall–Kier alpha value is -2.35. The van der Waals surface area contributed by atoms with Crippen molar-refractivity contribution in [1.82, 2.24) is 15.8 Å². The third kappa shape index (κ3) is 3.39. The molecule has 2 atom stereocenters. The van der Waals surface area contributed by atoms with Crippen molar-refractivity contribution < 1.29 is 9.18 Å². The van der Waals surface area contributed by atoms with Gasteiger partial charge in [0.1, 0.15) is 11.9 Å². The fraction of sp³-hybridized carbons (Fsp3) is 0.222. The predicted octanol–water partition coefficient (Wildman–Crippen LogP) is 3.29. The van der Waals surface area contributed by atoms with Crippen LogP contribution in [0.1, 0.15) is 23.0 Å². The summed E-state index contributed by atoms with van der Waals surface area (Å²) in [6, 6.07) is 11.7. The van der Waals surface area contributed by atoms with Crippen molar-refractivity contribution >= 4 is 33.1 Å². The molecule has 5 nitrogen and oxygen atoms in total. The first-order chi connectivity index (χ1) is 12.1. The van der Waals surface area contributed by atoms with Crippen LogP contribution in [-0.2, 0) is 4.79 Å². The normalized spacial score (nSPS) is 20.1. The Labute approximate surface area is 148 Å². The molecule has 0 saturated carbocycles. The first kappa shape index (κ1) is 16.1. The molecule has 1 fully saturated rings. The molecule has 1 amide bonds. The molecule has 2 aromatic carbocycles. The summed E-state index contributed by atoms with van der Waals surface area (Å²) in [6.07, 6.45) is 0.597. The monoisotopic (exact) mass is 356 g/mol. The highest BCUT2D eigenvalue weighted by Crippen LogP contribution is 2.26. The lowest BCUT2D eigenvalue weighted by atomic mass is 10.0. The van der Waals surface area contributed by atoms with E-state index in [9.17, 15) is 9.18 Å². The fourth-order valence-corrected chi connectivity index (χ4v) is 3.86. The number of hydrogen-bond donors (Lipinski definition) is 3. The van der Waals surface area contributed by atoms with E-state index in [1.165, 1.54) is 12.1 Å². The molecule has 0 aliphatic carbocycles. The van der Waals surface area contributed by atoms with Gasteiger partial charge in [-0.1, -0.05) is 12.1 Å². The zero-order valence-corrected chi connectivity index (χ0v) is 14.4. The van der Waals surface area contributed by atoms with Crippen molar-refractivity contribution in [2.75, 3.05) is 5.32 Å². The van der Waals surface area contributed by atoms with Crippen molar-refractivity contribution in [2.24, 2.45) is 0 Å². The molecule has 0 spiro atoms. The quantitative estimate of drug-likeness (QED) is 0.674. The van der Waals surface area contributed by atoms with Crippen molar-refractivity contribution in [3.05, 3.63) is 58.9 Å². The van der Waals surface area contributed by atoms with Crippen LogP contribution >= 0.6 is 11.3 Å². The summed E-state index contributed by atoms with van der Waals surface area (Å²) < 4.78 is 14.1. The van der Waals surface area contributed by atoms with Gasteiger partial charge >= 0.3 is 0 Å². The van der Waals surface area contributed by atoms with E-state index in [0.717, 1.165) is 26.5 Å². The van der Waals surface area contributed by atoms with Crippen molar-refractivity contribution in [3.8, 4) is 0 Å². The highest BCUT2D eigenvalue weighted by molar-refractivity contribution is 7.18. The van der Waals surface area contributed by atoms with Crippen LogP contribution in [0.15, 0.2) is 42.5 Å².